The highest BCUT2D eigenvalue weighted by Gasteiger charge is 2.20. The number of aliphatic hydroxyl groups excluding tert-OH is 1. The van der Waals surface area contributed by atoms with E-state index >= 15 is 0 Å². The molecule has 0 saturated carbocycles. The average Bonchev–Trinajstić information content (AvgIpc) is 2.50. The molecule has 0 spiro atoms. The Bertz CT molecular complexity index is 790. The summed E-state index contributed by atoms with van der Waals surface area (Å²) in [6, 6.07) is 9.35. The lowest BCUT2D eigenvalue weighted by Gasteiger charge is -2.13. The fourth-order valence-electron chi connectivity index (χ4n) is 2.13. The molecule has 4 nitrogen and oxygen atoms in total. The van der Waals surface area contributed by atoms with Gasteiger partial charge in [0.25, 0.3) is 0 Å². The Kier molecular flexibility index (Phi) is 5.33. The molecule has 1 atom stereocenters. The van der Waals surface area contributed by atoms with E-state index in [1.54, 1.807) is 18.2 Å². The summed E-state index contributed by atoms with van der Waals surface area (Å²) in [6.45, 7) is 0. The van der Waals surface area contributed by atoms with Crippen LogP contribution in [0, 0.1) is 11.6 Å². The van der Waals surface area contributed by atoms with Gasteiger partial charge in [0.1, 0.15) is 5.75 Å². The molecule has 0 heterocycles. The highest BCUT2D eigenvalue weighted by atomic mass is 32.2. The minimum Gasteiger partial charge on any atom is -0.497 e. The van der Waals surface area contributed by atoms with Crippen molar-refractivity contribution >= 4 is 9.84 Å². The minimum atomic E-state index is -3.71. The number of sulfone groups is 1. The van der Waals surface area contributed by atoms with Crippen molar-refractivity contribution in [2.75, 3.05) is 12.9 Å². The zero-order valence-electron chi connectivity index (χ0n) is 12.4. The van der Waals surface area contributed by atoms with Gasteiger partial charge in [-0.1, -0.05) is 18.2 Å². The molecule has 0 aromatic heterocycles. The number of ether oxygens (including phenoxy) is 1. The van der Waals surface area contributed by atoms with Crippen molar-refractivity contribution in [3.8, 4) is 5.75 Å². The van der Waals surface area contributed by atoms with Crippen molar-refractivity contribution in [2.24, 2.45) is 0 Å². The number of hydrogen-bond donors (Lipinski definition) is 1. The fourth-order valence-corrected chi connectivity index (χ4v) is 3.61. The number of hydrogen-bond acceptors (Lipinski definition) is 4. The first-order valence-electron chi connectivity index (χ1n) is 6.77. The lowest BCUT2D eigenvalue weighted by molar-refractivity contribution is 0.201. The van der Waals surface area contributed by atoms with E-state index < -0.39 is 39.1 Å². The zero-order chi connectivity index (χ0) is 17.0. The lowest BCUT2D eigenvalue weighted by Crippen LogP contribution is -2.16. The molecule has 0 bridgehead atoms. The summed E-state index contributed by atoms with van der Waals surface area (Å²) in [5.41, 5.74) is 0.528. The summed E-state index contributed by atoms with van der Waals surface area (Å²) >= 11 is 0. The highest BCUT2D eigenvalue weighted by Crippen LogP contribution is 2.22. The van der Waals surface area contributed by atoms with E-state index in [9.17, 15) is 22.3 Å². The monoisotopic (exact) mass is 342 g/mol. The molecule has 2 aromatic carbocycles. The van der Waals surface area contributed by atoms with Gasteiger partial charge in [-0.3, -0.25) is 0 Å². The number of aliphatic hydroxyl groups is 1. The van der Waals surface area contributed by atoms with Crippen LogP contribution in [0.4, 0.5) is 8.78 Å². The fraction of sp³-hybridized carbons (Fsp3) is 0.250. The molecule has 0 fully saturated rings. The second-order valence-electron chi connectivity index (χ2n) is 5.10. The summed E-state index contributed by atoms with van der Waals surface area (Å²) in [7, 11) is -2.25. The first-order valence-corrected chi connectivity index (χ1v) is 8.59. The van der Waals surface area contributed by atoms with Gasteiger partial charge in [0, 0.05) is 0 Å². The lowest BCUT2D eigenvalue weighted by atomic mass is 10.1. The normalized spacial score (nSPS) is 12.9. The zero-order valence-corrected chi connectivity index (χ0v) is 13.2. The van der Waals surface area contributed by atoms with Crippen LogP contribution in [-0.4, -0.2) is 26.4 Å². The van der Waals surface area contributed by atoms with E-state index in [4.69, 9.17) is 4.74 Å². The molecule has 23 heavy (non-hydrogen) atoms. The van der Waals surface area contributed by atoms with Gasteiger partial charge in [-0.25, -0.2) is 17.2 Å². The van der Waals surface area contributed by atoms with E-state index in [1.165, 1.54) is 19.2 Å². The van der Waals surface area contributed by atoms with Gasteiger partial charge >= 0.3 is 0 Å². The van der Waals surface area contributed by atoms with Gasteiger partial charge in [0.2, 0.25) is 0 Å². The Balaban J connectivity index is 2.11. The number of methoxy groups -OCH3 is 1. The van der Waals surface area contributed by atoms with Crippen LogP contribution in [0.25, 0.3) is 0 Å². The first kappa shape index (κ1) is 17.4. The van der Waals surface area contributed by atoms with Crippen LogP contribution in [0.5, 0.6) is 5.75 Å². The molecule has 0 aliphatic heterocycles. The van der Waals surface area contributed by atoms with Gasteiger partial charge in [0.05, 0.1) is 24.7 Å². The molecule has 0 aliphatic carbocycles. The summed E-state index contributed by atoms with van der Waals surface area (Å²) in [6.07, 6.45) is -1.24. The van der Waals surface area contributed by atoms with Crippen molar-refractivity contribution in [1.82, 2.24) is 0 Å². The number of benzene rings is 2. The van der Waals surface area contributed by atoms with Crippen LogP contribution in [0.2, 0.25) is 0 Å². The third-order valence-corrected chi connectivity index (χ3v) is 4.86. The molecule has 0 amide bonds. The van der Waals surface area contributed by atoms with Crippen LogP contribution in [-0.2, 0) is 15.6 Å². The quantitative estimate of drug-likeness (QED) is 0.876. The van der Waals surface area contributed by atoms with Crippen molar-refractivity contribution in [3.05, 3.63) is 65.2 Å². The van der Waals surface area contributed by atoms with Gasteiger partial charge in [-0.2, -0.15) is 0 Å². The SMILES string of the molecule is COc1cccc(C(O)CS(=O)(=O)Cc2ccc(F)c(F)c2)c1. The molecule has 1 N–H and O–H groups in total. The topological polar surface area (TPSA) is 63.6 Å². The van der Waals surface area contributed by atoms with E-state index in [0.717, 1.165) is 12.1 Å². The van der Waals surface area contributed by atoms with Crippen molar-refractivity contribution in [3.63, 3.8) is 0 Å². The molecular weight excluding hydrogens is 326 g/mol. The molecule has 0 radical (unpaired) electrons. The van der Waals surface area contributed by atoms with E-state index in [0.29, 0.717) is 11.3 Å². The summed E-state index contributed by atoms with van der Waals surface area (Å²) in [4.78, 5) is 0. The maximum absolute atomic E-state index is 13.1. The summed E-state index contributed by atoms with van der Waals surface area (Å²) in [5.74, 6) is -2.65. The largest absolute Gasteiger partial charge is 0.497 e. The van der Waals surface area contributed by atoms with E-state index in [1.807, 2.05) is 0 Å². The molecular formula is C16H16F2O4S. The maximum atomic E-state index is 13.1. The standard InChI is InChI=1S/C16H16F2O4S/c1-22-13-4-2-3-12(8-13)16(19)10-23(20,21)9-11-5-6-14(17)15(18)7-11/h2-8,16,19H,9-10H2,1H3. The Morgan fingerprint density at radius 2 is 1.87 bits per heavy atom. The number of rotatable bonds is 6. The molecule has 1 unspecified atom stereocenters. The van der Waals surface area contributed by atoms with E-state index in [-0.39, 0.29) is 5.56 Å². The molecule has 2 aromatic rings. The predicted molar refractivity (Wildman–Crippen MR) is 81.8 cm³/mol. The Labute approximate surface area is 133 Å². The predicted octanol–water partition coefficient (Wildman–Crippen LogP) is 2.62. The second-order valence-corrected chi connectivity index (χ2v) is 7.20. The van der Waals surface area contributed by atoms with Crippen molar-refractivity contribution in [2.45, 2.75) is 11.9 Å². The van der Waals surface area contributed by atoms with Gasteiger partial charge in [-0.15, -0.1) is 0 Å². The van der Waals surface area contributed by atoms with Gasteiger partial charge < -0.3 is 9.84 Å². The summed E-state index contributed by atoms with van der Waals surface area (Å²) < 4.78 is 55.3. The first-order chi connectivity index (χ1) is 10.8. The second kappa shape index (κ2) is 7.06. The van der Waals surface area contributed by atoms with Crippen LogP contribution in [0.3, 0.4) is 0 Å². The number of halogens is 2. The van der Waals surface area contributed by atoms with Crippen molar-refractivity contribution < 1.29 is 27.0 Å². The van der Waals surface area contributed by atoms with Crippen LogP contribution >= 0.6 is 0 Å². The molecule has 0 saturated heterocycles. The van der Waals surface area contributed by atoms with Crippen molar-refractivity contribution in [1.29, 1.82) is 0 Å². The average molecular weight is 342 g/mol. The minimum absolute atomic E-state index is 0.127. The Morgan fingerprint density at radius 1 is 1.13 bits per heavy atom. The third-order valence-electron chi connectivity index (χ3n) is 3.26. The molecule has 2 rings (SSSR count). The van der Waals surface area contributed by atoms with Gasteiger partial charge in [-0.05, 0) is 35.4 Å². The smallest absolute Gasteiger partial charge is 0.159 e. The van der Waals surface area contributed by atoms with Gasteiger partial charge in [0.15, 0.2) is 21.5 Å². The molecule has 7 heteroatoms. The van der Waals surface area contributed by atoms with Crippen LogP contribution in [0.1, 0.15) is 17.2 Å². The Morgan fingerprint density at radius 3 is 2.52 bits per heavy atom. The van der Waals surface area contributed by atoms with E-state index in [2.05, 4.69) is 0 Å². The molecule has 0 aliphatic rings. The summed E-state index contributed by atoms with van der Waals surface area (Å²) in [5, 5.41) is 10.1. The Hall–Kier alpha value is -1.99. The maximum Gasteiger partial charge on any atom is 0.159 e. The third kappa shape index (κ3) is 4.74. The van der Waals surface area contributed by atoms with Crippen LogP contribution in [0.15, 0.2) is 42.5 Å². The highest BCUT2D eigenvalue weighted by molar-refractivity contribution is 7.90. The van der Waals surface area contributed by atoms with Crippen LogP contribution < -0.4 is 4.74 Å². The molecule has 124 valence electrons.